The largest absolute Gasteiger partial charge is 0.462 e. The van der Waals surface area contributed by atoms with Crippen molar-refractivity contribution < 1.29 is 13.9 Å². The normalized spacial score (nSPS) is 10.3. The molecule has 0 radical (unpaired) electrons. The summed E-state index contributed by atoms with van der Waals surface area (Å²) in [4.78, 5) is 16.6. The highest BCUT2D eigenvalue weighted by Crippen LogP contribution is 2.30. The standard InChI is InChI=1S/C14H13FN2O2S/c1-2-19-14(18)12-7-10(16)8-17-13(12)20-11-5-3-4-9(15)6-11/h3-8H,2,16H2,1H3. The van der Waals surface area contributed by atoms with Gasteiger partial charge in [-0.05, 0) is 31.2 Å². The van der Waals surface area contributed by atoms with Gasteiger partial charge in [0.2, 0.25) is 0 Å². The number of nitrogens with two attached hydrogens (primary N) is 1. The molecule has 0 fully saturated rings. The second kappa shape index (κ2) is 6.38. The van der Waals surface area contributed by atoms with Crippen LogP contribution < -0.4 is 5.73 Å². The first kappa shape index (κ1) is 14.3. The Morgan fingerprint density at radius 3 is 2.95 bits per heavy atom. The Kier molecular flexibility index (Phi) is 4.57. The van der Waals surface area contributed by atoms with Gasteiger partial charge in [0.05, 0.1) is 24.1 Å². The molecule has 0 amide bonds. The highest BCUT2D eigenvalue weighted by atomic mass is 32.2. The number of benzene rings is 1. The van der Waals surface area contributed by atoms with Crippen molar-refractivity contribution >= 4 is 23.4 Å². The van der Waals surface area contributed by atoms with E-state index in [0.717, 1.165) is 0 Å². The number of carbonyl (C=O) groups is 1. The van der Waals surface area contributed by atoms with Gasteiger partial charge >= 0.3 is 5.97 Å². The Hall–Kier alpha value is -2.08. The molecule has 0 aliphatic carbocycles. The number of esters is 1. The van der Waals surface area contributed by atoms with Crippen LogP contribution in [-0.4, -0.2) is 17.6 Å². The van der Waals surface area contributed by atoms with Crippen LogP contribution in [0.25, 0.3) is 0 Å². The maximum atomic E-state index is 13.2. The second-order valence-electron chi connectivity index (χ2n) is 3.90. The topological polar surface area (TPSA) is 65.2 Å². The van der Waals surface area contributed by atoms with Gasteiger partial charge in [0.15, 0.2) is 0 Å². The summed E-state index contributed by atoms with van der Waals surface area (Å²) in [7, 11) is 0. The zero-order chi connectivity index (χ0) is 14.5. The molecule has 1 heterocycles. The van der Waals surface area contributed by atoms with Crippen LogP contribution in [0.2, 0.25) is 0 Å². The van der Waals surface area contributed by atoms with Crippen molar-refractivity contribution in [1.82, 2.24) is 4.98 Å². The van der Waals surface area contributed by atoms with Crippen LogP contribution in [0.1, 0.15) is 17.3 Å². The molecule has 0 unspecified atom stereocenters. The lowest BCUT2D eigenvalue weighted by Crippen LogP contribution is -2.08. The molecule has 0 aliphatic heterocycles. The minimum absolute atomic E-state index is 0.262. The van der Waals surface area contributed by atoms with Gasteiger partial charge in [0, 0.05) is 4.90 Å². The third kappa shape index (κ3) is 3.48. The zero-order valence-corrected chi connectivity index (χ0v) is 11.6. The summed E-state index contributed by atoms with van der Waals surface area (Å²) in [6.07, 6.45) is 1.45. The van der Waals surface area contributed by atoms with Gasteiger partial charge in [-0.15, -0.1) is 0 Å². The van der Waals surface area contributed by atoms with E-state index in [9.17, 15) is 9.18 Å². The lowest BCUT2D eigenvalue weighted by molar-refractivity contribution is 0.0521. The van der Waals surface area contributed by atoms with E-state index in [1.807, 2.05) is 0 Å². The minimum Gasteiger partial charge on any atom is -0.462 e. The number of rotatable bonds is 4. The van der Waals surface area contributed by atoms with E-state index in [1.165, 1.54) is 36.2 Å². The Balaban J connectivity index is 2.33. The van der Waals surface area contributed by atoms with Crippen LogP contribution in [-0.2, 0) is 4.74 Å². The molecular weight excluding hydrogens is 279 g/mol. The molecule has 2 N–H and O–H groups in total. The van der Waals surface area contributed by atoms with Crippen LogP contribution in [0.4, 0.5) is 10.1 Å². The van der Waals surface area contributed by atoms with Crippen molar-refractivity contribution in [2.24, 2.45) is 0 Å². The van der Waals surface area contributed by atoms with E-state index in [0.29, 0.717) is 15.6 Å². The summed E-state index contributed by atoms with van der Waals surface area (Å²) in [5.41, 5.74) is 6.29. The maximum Gasteiger partial charge on any atom is 0.340 e. The van der Waals surface area contributed by atoms with Gasteiger partial charge in [-0.1, -0.05) is 17.8 Å². The Morgan fingerprint density at radius 2 is 2.25 bits per heavy atom. The van der Waals surface area contributed by atoms with E-state index < -0.39 is 5.97 Å². The van der Waals surface area contributed by atoms with Crippen molar-refractivity contribution in [1.29, 1.82) is 0 Å². The number of hydrogen-bond donors (Lipinski definition) is 1. The number of ether oxygens (including phenoxy) is 1. The van der Waals surface area contributed by atoms with Crippen LogP contribution in [0.5, 0.6) is 0 Å². The molecule has 2 aromatic rings. The predicted octanol–water partition coefficient (Wildman–Crippen LogP) is 3.13. The van der Waals surface area contributed by atoms with Gasteiger partial charge in [-0.3, -0.25) is 0 Å². The summed E-state index contributed by atoms with van der Waals surface area (Å²) in [5.74, 6) is -0.839. The number of aromatic nitrogens is 1. The van der Waals surface area contributed by atoms with Crippen molar-refractivity contribution in [2.45, 2.75) is 16.8 Å². The van der Waals surface area contributed by atoms with Crippen LogP contribution in [0.3, 0.4) is 0 Å². The molecule has 0 aliphatic rings. The summed E-state index contributed by atoms with van der Waals surface area (Å²) in [5, 5.41) is 0.434. The number of hydrogen-bond acceptors (Lipinski definition) is 5. The first-order valence-electron chi connectivity index (χ1n) is 5.96. The molecular formula is C14H13FN2O2S. The third-order valence-electron chi connectivity index (χ3n) is 2.38. The minimum atomic E-state index is -0.494. The van der Waals surface area contributed by atoms with Crippen LogP contribution in [0.15, 0.2) is 46.5 Å². The highest BCUT2D eigenvalue weighted by Gasteiger charge is 2.15. The summed E-state index contributed by atoms with van der Waals surface area (Å²) in [6.45, 7) is 1.98. The van der Waals surface area contributed by atoms with Crippen LogP contribution in [0, 0.1) is 5.82 Å². The molecule has 20 heavy (non-hydrogen) atoms. The molecule has 4 nitrogen and oxygen atoms in total. The molecule has 0 saturated carbocycles. The van der Waals surface area contributed by atoms with Gasteiger partial charge in [0.1, 0.15) is 10.8 Å². The van der Waals surface area contributed by atoms with E-state index >= 15 is 0 Å². The smallest absolute Gasteiger partial charge is 0.340 e. The molecule has 1 aromatic carbocycles. The van der Waals surface area contributed by atoms with Gasteiger partial charge in [0.25, 0.3) is 0 Å². The van der Waals surface area contributed by atoms with Crippen molar-refractivity contribution in [3.05, 3.63) is 47.9 Å². The Labute approximate surface area is 120 Å². The third-order valence-corrected chi connectivity index (χ3v) is 3.39. The predicted molar refractivity (Wildman–Crippen MR) is 75.1 cm³/mol. The quantitative estimate of drug-likeness (QED) is 0.877. The molecule has 0 atom stereocenters. The van der Waals surface area contributed by atoms with E-state index in [1.54, 1.807) is 19.1 Å². The van der Waals surface area contributed by atoms with Gasteiger partial charge in [-0.2, -0.15) is 0 Å². The molecule has 2 rings (SSSR count). The van der Waals surface area contributed by atoms with Crippen molar-refractivity contribution in [3.63, 3.8) is 0 Å². The summed E-state index contributed by atoms with van der Waals surface area (Å²) >= 11 is 1.18. The average Bonchev–Trinajstić information content (AvgIpc) is 2.41. The molecule has 0 spiro atoms. The number of carbonyl (C=O) groups excluding carboxylic acids is 1. The average molecular weight is 292 g/mol. The second-order valence-corrected chi connectivity index (χ2v) is 4.96. The fourth-order valence-corrected chi connectivity index (χ4v) is 2.45. The Bertz CT molecular complexity index is 634. The highest BCUT2D eigenvalue weighted by molar-refractivity contribution is 7.99. The SMILES string of the molecule is CCOC(=O)c1cc(N)cnc1Sc1cccc(F)c1. The first-order chi connectivity index (χ1) is 9.60. The number of nitrogens with zero attached hydrogens (tertiary/aromatic N) is 1. The molecule has 0 bridgehead atoms. The van der Waals surface area contributed by atoms with E-state index in [-0.39, 0.29) is 18.0 Å². The maximum absolute atomic E-state index is 13.2. The number of nitrogen functional groups attached to an aromatic ring is 1. The van der Waals surface area contributed by atoms with Crippen molar-refractivity contribution in [3.8, 4) is 0 Å². The van der Waals surface area contributed by atoms with Crippen LogP contribution >= 0.6 is 11.8 Å². The van der Waals surface area contributed by atoms with E-state index in [4.69, 9.17) is 10.5 Å². The Morgan fingerprint density at radius 1 is 1.45 bits per heavy atom. The lowest BCUT2D eigenvalue weighted by Gasteiger charge is -2.08. The molecule has 0 saturated heterocycles. The fourth-order valence-electron chi connectivity index (χ4n) is 1.55. The first-order valence-corrected chi connectivity index (χ1v) is 6.78. The monoisotopic (exact) mass is 292 g/mol. The fraction of sp³-hybridized carbons (Fsp3) is 0.143. The summed E-state index contributed by atoms with van der Waals surface area (Å²) < 4.78 is 18.1. The number of halogens is 1. The summed E-state index contributed by atoms with van der Waals surface area (Å²) in [6, 6.07) is 7.57. The zero-order valence-electron chi connectivity index (χ0n) is 10.8. The molecule has 104 valence electrons. The molecule has 6 heteroatoms. The lowest BCUT2D eigenvalue weighted by atomic mass is 10.2. The van der Waals surface area contributed by atoms with Crippen molar-refractivity contribution in [2.75, 3.05) is 12.3 Å². The van der Waals surface area contributed by atoms with Gasteiger partial charge in [-0.25, -0.2) is 14.2 Å². The molecule has 1 aromatic heterocycles. The van der Waals surface area contributed by atoms with Gasteiger partial charge < -0.3 is 10.5 Å². The van der Waals surface area contributed by atoms with E-state index in [2.05, 4.69) is 4.98 Å². The number of anilines is 1. The number of pyridine rings is 1.